The summed E-state index contributed by atoms with van der Waals surface area (Å²) in [6, 6.07) is 11.2. The zero-order chi connectivity index (χ0) is 25.6. The van der Waals surface area contributed by atoms with Gasteiger partial charge in [0.2, 0.25) is 5.91 Å². The summed E-state index contributed by atoms with van der Waals surface area (Å²) >= 11 is 0. The largest absolute Gasteiger partial charge is 0.490 e. The summed E-state index contributed by atoms with van der Waals surface area (Å²) in [5.74, 6) is 0.329. The number of carbonyl (C=O) groups excluding carboxylic acids is 2. The quantitative estimate of drug-likeness (QED) is 0.616. The van der Waals surface area contributed by atoms with Gasteiger partial charge in [-0.1, -0.05) is 18.2 Å². The van der Waals surface area contributed by atoms with Gasteiger partial charge in [-0.25, -0.2) is 0 Å². The van der Waals surface area contributed by atoms with Crippen LogP contribution in [-0.4, -0.2) is 73.5 Å². The van der Waals surface area contributed by atoms with Crippen LogP contribution in [0, 0.1) is 0 Å². The van der Waals surface area contributed by atoms with Gasteiger partial charge in [0.05, 0.1) is 38.4 Å². The van der Waals surface area contributed by atoms with Crippen LogP contribution in [0.1, 0.15) is 65.7 Å². The molecule has 0 aliphatic carbocycles. The average molecular weight is 507 g/mol. The van der Waals surface area contributed by atoms with Gasteiger partial charge in [-0.15, -0.1) is 0 Å². The average Bonchev–Trinajstić information content (AvgIpc) is 3.37. The Labute approximate surface area is 217 Å². The fraction of sp³-hybridized carbons (Fsp3) is 0.517. The highest BCUT2D eigenvalue weighted by Gasteiger charge is 2.49. The fourth-order valence-corrected chi connectivity index (χ4v) is 6.39. The zero-order valence-electron chi connectivity index (χ0n) is 21.5. The molecule has 196 valence electrons. The summed E-state index contributed by atoms with van der Waals surface area (Å²) in [6.45, 7) is 7.82. The predicted molar refractivity (Wildman–Crippen MR) is 136 cm³/mol. The molecule has 4 aliphatic heterocycles. The SMILES string of the molecule is CCOc1cc2c(cc1OCC)[C@@H]1[C@@H](C(=O)N3CCC4(CC3)OCCO4)c3ccccc3C(=O)N1CC2. The number of likely N-dealkylation sites (tertiary alicyclic amines) is 1. The second-order valence-corrected chi connectivity index (χ2v) is 10.1. The molecule has 0 radical (unpaired) electrons. The van der Waals surface area contributed by atoms with Crippen LogP contribution in [0.15, 0.2) is 36.4 Å². The van der Waals surface area contributed by atoms with Gasteiger partial charge in [0.25, 0.3) is 5.91 Å². The normalized spacial score (nSPS) is 23.9. The molecule has 2 saturated heterocycles. The van der Waals surface area contributed by atoms with E-state index in [9.17, 15) is 9.59 Å². The monoisotopic (exact) mass is 506 g/mol. The molecule has 6 rings (SSSR count). The van der Waals surface area contributed by atoms with E-state index in [-0.39, 0.29) is 11.8 Å². The Morgan fingerprint density at radius 2 is 1.65 bits per heavy atom. The summed E-state index contributed by atoms with van der Waals surface area (Å²) in [7, 11) is 0. The topological polar surface area (TPSA) is 77.5 Å². The minimum atomic E-state index is -0.553. The molecule has 2 fully saturated rings. The summed E-state index contributed by atoms with van der Waals surface area (Å²) < 4.78 is 23.6. The van der Waals surface area contributed by atoms with Crippen LogP contribution in [0.25, 0.3) is 0 Å². The number of nitrogens with zero attached hydrogens (tertiary/aromatic N) is 2. The van der Waals surface area contributed by atoms with Gasteiger partial charge in [-0.05, 0) is 55.2 Å². The lowest BCUT2D eigenvalue weighted by Gasteiger charge is -2.47. The second-order valence-electron chi connectivity index (χ2n) is 10.1. The minimum Gasteiger partial charge on any atom is -0.490 e. The van der Waals surface area contributed by atoms with Crippen LogP contribution >= 0.6 is 0 Å². The van der Waals surface area contributed by atoms with Crippen molar-refractivity contribution < 1.29 is 28.5 Å². The molecule has 2 amide bonds. The maximum Gasteiger partial charge on any atom is 0.254 e. The Morgan fingerprint density at radius 3 is 2.35 bits per heavy atom. The van der Waals surface area contributed by atoms with Gasteiger partial charge >= 0.3 is 0 Å². The van der Waals surface area contributed by atoms with Crippen molar-refractivity contribution in [3.8, 4) is 11.5 Å². The van der Waals surface area contributed by atoms with Crippen LogP contribution in [0.4, 0.5) is 0 Å². The van der Waals surface area contributed by atoms with Gasteiger partial charge in [0.1, 0.15) is 0 Å². The number of hydrogen-bond acceptors (Lipinski definition) is 6. The summed E-state index contributed by atoms with van der Waals surface area (Å²) in [5, 5.41) is 0. The first-order valence-electron chi connectivity index (χ1n) is 13.4. The maximum absolute atomic E-state index is 14.3. The first-order valence-corrected chi connectivity index (χ1v) is 13.4. The molecule has 0 saturated carbocycles. The zero-order valence-corrected chi connectivity index (χ0v) is 21.5. The number of rotatable bonds is 5. The number of benzene rings is 2. The van der Waals surface area contributed by atoms with Crippen molar-refractivity contribution in [2.24, 2.45) is 0 Å². The molecule has 4 heterocycles. The summed E-state index contributed by atoms with van der Waals surface area (Å²) in [5.41, 5.74) is 3.48. The molecule has 2 aromatic rings. The van der Waals surface area contributed by atoms with Crippen molar-refractivity contribution in [1.82, 2.24) is 9.80 Å². The van der Waals surface area contributed by atoms with E-state index in [4.69, 9.17) is 18.9 Å². The van der Waals surface area contributed by atoms with E-state index in [1.807, 2.05) is 60.0 Å². The van der Waals surface area contributed by atoms with E-state index in [1.54, 1.807) is 0 Å². The van der Waals surface area contributed by atoms with E-state index >= 15 is 0 Å². The molecule has 0 unspecified atom stereocenters. The number of piperidine rings is 1. The lowest BCUT2D eigenvalue weighted by Crippen LogP contribution is -2.53. The molecule has 2 aromatic carbocycles. The van der Waals surface area contributed by atoms with Gasteiger partial charge in [-0.3, -0.25) is 9.59 Å². The molecule has 8 nitrogen and oxygen atoms in total. The summed E-state index contributed by atoms with van der Waals surface area (Å²) in [6.07, 6.45) is 2.01. The molecule has 2 atom stereocenters. The van der Waals surface area contributed by atoms with Crippen LogP contribution in [0.5, 0.6) is 11.5 Å². The Kier molecular flexibility index (Phi) is 6.32. The van der Waals surface area contributed by atoms with Crippen LogP contribution in [0.2, 0.25) is 0 Å². The van der Waals surface area contributed by atoms with Crippen molar-refractivity contribution >= 4 is 11.8 Å². The smallest absolute Gasteiger partial charge is 0.254 e. The minimum absolute atomic E-state index is 0.0208. The predicted octanol–water partition coefficient (Wildman–Crippen LogP) is 3.69. The first-order chi connectivity index (χ1) is 18.0. The van der Waals surface area contributed by atoms with E-state index in [0.717, 1.165) is 16.7 Å². The van der Waals surface area contributed by atoms with Crippen molar-refractivity contribution in [1.29, 1.82) is 0 Å². The third-order valence-electron chi connectivity index (χ3n) is 8.10. The Morgan fingerprint density at radius 1 is 0.973 bits per heavy atom. The van der Waals surface area contributed by atoms with Crippen LogP contribution in [0.3, 0.4) is 0 Å². The summed E-state index contributed by atoms with van der Waals surface area (Å²) in [4.78, 5) is 31.8. The van der Waals surface area contributed by atoms with Gasteiger partial charge in [0, 0.05) is 38.0 Å². The highest BCUT2D eigenvalue weighted by Crippen LogP contribution is 2.49. The molecule has 0 N–H and O–H groups in total. The second kappa shape index (κ2) is 9.65. The van der Waals surface area contributed by atoms with Crippen molar-refractivity contribution in [2.75, 3.05) is 46.1 Å². The van der Waals surface area contributed by atoms with Crippen molar-refractivity contribution in [2.45, 2.75) is 50.9 Å². The molecular weight excluding hydrogens is 472 g/mol. The Bertz CT molecular complexity index is 1200. The Balaban J connectivity index is 1.41. The number of fused-ring (bicyclic) bond motifs is 4. The first kappa shape index (κ1) is 24.2. The van der Waals surface area contributed by atoms with E-state index in [0.29, 0.717) is 82.4 Å². The number of amides is 2. The van der Waals surface area contributed by atoms with Gasteiger partial charge < -0.3 is 28.7 Å². The highest BCUT2D eigenvalue weighted by atomic mass is 16.7. The third kappa shape index (κ3) is 4.07. The standard InChI is InChI=1S/C29H34N2O6/c1-3-34-23-17-19-9-12-31-26(22(19)18-24(23)35-4-2)25(20-7-5-6-8-21(20)27(31)32)28(33)30-13-10-29(11-14-30)36-15-16-37-29/h5-8,17-18,25-26H,3-4,9-16H2,1-2H3/t25-,26+/m0/s1. The van der Waals surface area contributed by atoms with Crippen molar-refractivity contribution in [3.63, 3.8) is 0 Å². The molecular formula is C29H34N2O6. The van der Waals surface area contributed by atoms with E-state index in [2.05, 4.69) is 0 Å². The number of carbonyl (C=O) groups is 2. The maximum atomic E-state index is 14.3. The van der Waals surface area contributed by atoms with E-state index < -0.39 is 17.7 Å². The third-order valence-corrected chi connectivity index (χ3v) is 8.10. The van der Waals surface area contributed by atoms with Crippen LogP contribution < -0.4 is 9.47 Å². The fourth-order valence-electron chi connectivity index (χ4n) is 6.39. The van der Waals surface area contributed by atoms with E-state index in [1.165, 1.54) is 0 Å². The lowest BCUT2D eigenvalue weighted by molar-refractivity contribution is -0.188. The Hall–Kier alpha value is -3.10. The lowest BCUT2D eigenvalue weighted by atomic mass is 9.75. The van der Waals surface area contributed by atoms with Gasteiger partial charge in [-0.2, -0.15) is 0 Å². The van der Waals surface area contributed by atoms with Crippen molar-refractivity contribution in [3.05, 3.63) is 58.7 Å². The molecule has 37 heavy (non-hydrogen) atoms. The molecule has 1 spiro atoms. The molecule has 8 heteroatoms. The highest BCUT2D eigenvalue weighted by molar-refractivity contribution is 6.01. The molecule has 4 aliphatic rings. The number of ether oxygens (including phenoxy) is 4. The van der Waals surface area contributed by atoms with Gasteiger partial charge in [0.15, 0.2) is 17.3 Å². The van der Waals surface area contributed by atoms with Crippen LogP contribution in [-0.2, 0) is 20.7 Å². The molecule has 0 bridgehead atoms. The number of hydrogen-bond donors (Lipinski definition) is 0. The molecule has 0 aromatic heterocycles.